The molecule has 1 fully saturated rings. The number of hydrogen-bond acceptors (Lipinski definition) is 3. The second kappa shape index (κ2) is 9.62. The van der Waals surface area contributed by atoms with Crippen molar-refractivity contribution in [3.8, 4) is 0 Å². The Labute approximate surface area is 189 Å². The summed E-state index contributed by atoms with van der Waals surface area (Å²) in [5.41, 5.74) is 1.65. The van der Waals surface area contributed by atoms with Crippen LogP contribution in [0.25, 0.3) is 10.8 Å². The standard InChI is InChI=1S/C25H23F3N2O3/c26-25(27,28)17-33-16-18-8-10-20(11-9-18)23(31)29-12-14-30(15-13-29)24(32)22-7-3-5-19-4-1-2-6-21(19)22/h1-11H,12-17H2. The number of amides is 2. The van der Waals surface area contributed by atoms with Gasteiger partial charge in [-0.25, -0.2) is 0 Å². The van der Waals surface area contributed by atoms with Crippen molar-refractivity contribution in [1.29, 1.82) is 0 Å². The first-order valence-electron chi connectivity index (χ1n) is 10.6. The van der Waals surface area contributed by atoms with E-state index >= 15 is 0 Å². The first-order chi connectivity index (χ1) is 15.8. The highest BCUT2D eigenvalue weighted by atomic mass is 19.4. The number of halogens is 3. The van der Waals surface area contributed by atoms with Crippen LogP contribution in [-0.2, 0) is 11.3 Å². The molecule has 0 unspecified atom stereocenters. The average molecular weight is 456 g/mol. The van der Waals surface area contributed by atoms with Gasteiger partial charge in [-0.05, 0) is 34.5 Å². The molecule has 1 heterocycles. The van der Waals surface area contributed by atoms with Gasteiger partial charge >= 0.3 is 6.18 Å². The molecule has 0 spiro atoms. The van der Waals surface area contributed by atoms with Crippen LogP contribution in [0, 0.1) is 0 Å². The van der Waals surface area contributed by atoms with E-state index in [-0.39, 0.29) is 18.4 Å². The van der Waals surface area contributed by atoms with Crippen molar-refractivity contribution in [2.75, 3.05) is 32.8 Å². The second-order valence-electron chi connectivity index (χ2n) is 7.92. The van der Waals surface area contributed by atoms with Crippen LogP contribution in [0.5, 0.6) is 0 Å². The minimum atomic E-state index is -4.37. The molecule has 4 rings (SSSR count). The van der Waals surface area contributed by atoms with Crippen molar-refractivity contribution in [3.63, 3.8) is 0 Å². The van der Waals surface area contributed by atoms with Gasteiger partial charge in [-0.2, -0.15) is 13.2 Å². The fourth-order valence-electron chi connectivity index (χ4n) is 3.91. The van der Waals surface area contributed by atoms with E-state index in [9.17, 15) is 22.8 Å². The predicted octanol–water partition coefficient (Wildman–Crippen LogP) is 4.52. The van der Waals surface area contributed by atoms with E-state index in [1.54, 1.807) is 34.1 Å². The molecule has 2 amide bonds. The normalized spacial score (nSPS) is 14.5. The first kappa shape index (κ1) is 22.8. The van der Waals surface area contributed by atoms with Crippen LogP contribution in [0.2, 0.25) is 0 Å². The number of carbonyl (C=O) groups excluding carboxylic acids is 2. The van der Waals surface area contributed by atoms with Crippen LogP contribution in [-0.4, -0.2) is 60.6 Å². The molecule has 0 radical (unpaired) electrons. The lowest BCUT2D eigenvalue weighted by atomic mass is 10.0. The zero-order valence-electron chi connectivity index (χ0n) is 17.8. The topological polar surface area (TPSA) is 49.9 Å². The van der Waals surface area contributed by atoms with E-state index < -0.39 is 12.8 Å². The van der Waals surface area contributed by atoms with Gasteiger partial charge in [0, 0.05) is 37.3 Å². The summed E-state index contributed by atoms with van der Waals surface area (Å²) in [6.45, 7) is 0.185. The molecule has 0 N–H and O–H groups in total. The molecule has 0 saturated carbocycles. The minimum absolute atomic E-state index is 0.0536. The van der Waals surface area contributed by atoms with Crippen LogP contribution >= 0.6 is 0 Å². The Balaban J connectivity index is 1.34. The maximum Gasteiger partial charge on any atom is 0.411 e. The number of ether oxygens (including phenoxy) is 1. The van der Waals surface area contributed by atoms with Crippen molar-refractivity contribution in [2.24, 2.45) is 0 Å². The summed E-state index contributed by atoms with van der Waals surface area (Å²) < 4.78 is 41.2. The monoisotopic (exact) mass is 456 g/mol. The molecular weight excluding hydrogens is 433 g/mol. The summed E-state index contributed by atoms with van der Waals surface area (Å²) in [7, 11) is 0. The minimum Gasteiger partial charge on any atom is -0.367 e. The van der Waals surface area contributed by atoms with Crippen molar-refractivity contribution >= 4 is 22.6 Å². The fourth-order valence-corrected chi connectivity index (χ4v) is 3.91. The van der Waals surface area contributed by atoms with Gasteiger partial charge in [-0.1, -0.05) is 48.5 Å². The number of carbonyl (C=O) groups is 2. The van der Waals surface area contributed by atoms with Crippen LogP contribution in [0.1, 0.15) is 26.3 Å². The number of benzene rings is 3. The largest absolute Gasteiger partial charge is 0.411 e. The van der Waals surface area contributed by atoms with Gasteiger partial charge in [0.05, 0.1) is 6.61 Å². The SMILES string of the molecule is O=C(c1ccc(COCC(F)(F)F)cc1)N1CCN(C(=O)c2cccc3ccccc23)CC1. The smallest absolute Gasteiger partial charge is 0.367 e. The van der Waals surface area contributed by atoms with E-state index in [1.807, 2.05) is 42.5 Å². The van der Waals surface area contributed by atoms with E-state index in [4.69, 9.17) is 0 Å². The molecule has 1 aliphatic rings. The Morgan fingerprint density at radius 1 is 0.788 bits per heavy atom. The van der Waals surface area contributed by atoms with Gasteiger partial charge in [-0.3, -0.25) is 9.59 Å². The summed E-state index contributed by atoms with van der Waals surface area (Å²) in [5.74, 6) is -0.225. The zero-order valence-corrected chi connectivity index (χ0v) is 17.8. The highest BCUT2D eigenvalue weighted by Gasteiger charge is 2.28. The molecule has 1 aliphatic heterocycles. The fraction of sp³-hybridized carbons (Fsp3) is 0.280. The van der Waals surface area contributed by atoms with Gasteiger partial charge in [0.15, 0.2) is 0 Å². The third kappa shape index (κ3) is 5.51. The third-order valence-corrected chi connectivity index (χ3v) is 5.61. The molecule has 0 bridgehead atoms. The Kier molecular flexibility index (Phi) is 6.65. The highest BCUT2D eigenvalue weighted by molar-refractivity contribution is 6.07. The summed E-state index contributed by atoms with van der Waals surface area (Å²) in [4.78, 5) is 29.3. The number of rotatable bonds is 5. The molecule has 172 valence electrons. The number of alkyl halides is 3. The van der Waals surface area contributed by atoms with E-state index in [0.29, 0.717) is 42.9 Å². The summed E-state index contributed by atoms with van der Waals surface area (Å²) in [6, 6.07) is 19.7. The molecule has 0 aliphatic carbocycles. The molecule has 5 nitrogen and oxygen atoms in total. The van der Waals surface area contributed by atoms with Crippen molar-refractivity contribution in [3.05, 3.63) is 83.4 Å². The molecule has 0 aromatic heterocycles. The van der Waals surface area contributed by atoms with Crippen LogP contribution in [0.3, 0.4) is 0 Å². The molecule has 3 aromatic carbocycles. The van der Waals surface area contributed by atoms with E-state index in [1.165, 1.54) is 0 Å². The number of nitrogens with zero attached hydrogens (tertiary/aromatic N) is 2. The maximum absolute atomic E-state index is 13.1. The summed E-state index contributed by atoms with van der Waals surface area (Å²) in [6.07, 6.45) is -4.37. The van der Waals surface area contributed by atoms with Crippen molar-refractivity contribution in [2.45, 2.75) is 12.8 Å². The van der Waals surface area contributed by atoms with Gasteiger partial charge in [0.2, 0.25) is 0 Å². The number of fused-ring (bicyclic) bond motifs is 1. The molecular formula is C25H23F3N2O3. The van der Waals surface area contributed by atoms with Crippen LogP contribution in [0.15, 0.2) is 66.7 Å². The Hall–Kier alpha value is -3.39. The van der Waals surface area contributed by atoms with Crippen LogP contribution in [0.4, 0.5) is 13.2 Å². The second-order valence-corrected chi connectivity index (χ2v) is 7.92. The molecule has 3 aromatic rings. The third-order valence-electron chi connectivity index (χ3n) is 5.61. The number of hydrogen-bond donors (Lipinski definition) is 0. The molecule has 33 heavy (non-hydrogen) atoms. The lowest BCUT2D eigenvalue weighted by Gasteiger charge is -2.35. The number of piperazine rings is 1. The zero-order chi connectivity index (χ0) is 23.4. The molecule has 0 atom stereocenters. The molecule has 1 saturated heterocycles. The predicted molar refractivity (Wildman–Crippen MR) is 118 cm³/mol. The Bertz CT molecular complexity index is 1130. The summed E-state index contributed by atoms with van der Waals surface area (Å²) in [5, 5.41) is 1.91. The summed E-state index contributed by atoms with van der Waals surface area (Å²) >= 11 is 0. The lowest BCUT2D eigenvalue weighted by molar-refractivity contribution is -0.176. The van der Waals surface area contributed by atoms with Crippen molar-refractivity contribution < 1.29 is 27.5 Å². The van der Waals surface area contributed by atoms with Gasteiger partial charge in [0.25, 0.3) is 11.8 Å². The lowest BCUT2D eigenvalue weighted by Crippen LogP contribution is -2.50. The van der Waals surface area contributed by atoms with Gasteiger partial charge < -0.3 is 14.5 Å². The Morgan fingerprint density at radius 3 is 2.06 bits per heavy atom. The van der Waals surface area contributed by atoms with E-state index in [2.05, 4.69) is 4.74 Å². The average Bonchev–Trinajstić information content (AvgIpc) is 2.82. The van der Waals surface area contributed by atoms with E-state index in [0.717, 1.165) is 10.8 Å². The first-order valence-corrected chi connectivity index (χ1v) is 10.6. The van der Waals surface area contributed by atoms with Crippen LogP contribution < -0.4 is 0 Å². The quantitative estimate of drug-likeness (QED) is 0.568. The van der Waals surface area contributed by atoms with Gasteiger partial charge in [-0.15, -0.1) is 0 Å². The van der Waals surface area contributed by atoms with Gasteiger partial charge in [0.1, 0.15) is 6.61 Å². The van der Waals surface area contributed by atoms with Crippen molar-refractivity contribution in [1.82, 2.24) is 9.80 Å². The Morgan fingerprint density at radius 2 is 1.39 bits per heavy atom. The highest BCUT2D eigenvalue weighted by Crippen LogP contribution is 2.21. The molecule has 8 heteroatoms. The maximum atomic E-state index is 13.1.